The van der Waals surface area contributed by atoms with Crippen molar-refractivity contribution in [2.45, 2.75) is 38.7 Å². The molecule has 0 unspecified atom stereocenters. The summed E-state index contributed by atoms with van der Waals surface area (Å²) in [6, 6.07) is 10.8. The van der Waals surface area contributed by atoms with Gasteiger partial charge in [-0.1, -0.05) is 23.7 Å². The summed E-state index contributed by atoms with van der Waals surface area (Å²) in [4.78, 5) is 27.2. The molecule has 1 fully saturated rings. The Bertz CT molecular complexity index is 997. The zero-order chi connectivity index (χ0) is 22.0. The van der Waals surface area contributed by atoms with Crippen molar-refractivity contribution in [1.29, 1.82) is 0 Å². The Morgan fingerprint density at radius 3 is 2.52 bits per heavy atom. The average molecular weight is 444 g/mol. The van der Waals surface area contributed by atoms with E-state index in [1.165, 1.54) is 0 Å². The first-order valence-corrected chi connectivity index (χ1v) is 10.9. The van der Waals surface area contributed by atoms with E-state index in [0.29, 0.717) is 66.8 Å². The molecular formula is C24H26ClNO5. The second-order valence-corrected chi connectivity index (χ2v) is 8.47. The number of aryl methyl sites for hydroxylation is 1. The van der Waals surface area contributed by atoms with Crippen LogP contribution in [0.4, 0.5) is 0 Å². The maximum absolute atomic E-state index is 12.8. The molecule has 4 rings (SSSR count). The number of halogens is 1. The summed E-state index contributed by atoms with van der Waals surface area (Å²) < 4.78 is 17.6. The number of amides is 1. The Morgan fingerprint density at radius 2 is 1.84 bits per heavy atom. The molecule has 1 spiro atoms. The zero-order valence-electron chi connectivity index (χ0n) is 17.8. The maximum atomic E-state index is 12.8. The summed E-state index contributed by atoms with van der Waals surface area (Å²) in [5, 5.41) is 0.537. The molecule has 31 heavy (non-hydrogen) atoms. The molecule has 0 bridgehead atoms. The maximum Gasteiger partial charge on any atom is 0.260 e. The largest absolute Gasteiger partial charge is 0.490 e. The summed E-state index contributed by atoms with van der Waals surface area (Å²) in [5.74, 6) is 1.75. The predicted molar refractivity (Wildman–Crippen MR) is 117 cm³/mol. The van der Waals surface area contributed by atoms with Crippen LogP contribution in [0.25, 0.3) is 0 Å². The molecule has 0 aliphatic carbocycles. The van der Waals surface area contributed by atoms with Crippen LogP contribution in [-0.2, 0) is 4.79 Å². The molecule has 7 heteroatoms. The van der Waals surface area contributed by atoms with E-state index in [1.807, 2.05) is 38.1 Å². The van der Waals surface area contributed by atoms with Crippen LogP contribution in [0.1, 0.15) is 42.1 Å². The van der Waals surface area contributed by atoms with Gasteiger partial charge in [0.25, 0.3) is 5.91 Å². The molecule has 0 N–H and O–H groups in total. The van der Waals surface area contributed by atoms with Crippen LogP contribution >= 0.6 is 11.6 Å². The highest BCUT2D eigenvalue weighted by atomic mass is 35.5. The highest BCUT2D eigenvalue weighted by molar-refractivity contribution is 6.31. The fraction of sp³-hybridized carbons (Fsp3) is 0.417. The quantitative estimate of drug-likeness (QED) is 0.683. The summed E-state index contributed by atoms with van der Waals surface area (Å²) in [6.07, 6.45) is 1.50. The Labute approximate surface area is 187 Å². The molecule has 0 atom stereocenters. The van der Waals surface area contributed by atoms with Crippen LogP contribution in [0.2, 0.25) is 5.02 Å². The van der Waals surface area contributed by atoms with E-state index in [0.717, 1.165) is 5.56 Å². The molecule has 0 radical (unpaired) electrons. The first-order chi connectivity index (χ1) is 14.9. The van der Waals surface area contributed by atoms with E-state index in [4.69, 9.17) is 25.8 Å². The molecule has 1 saturated heterocycles. The summed E-state index contributed by atoms with van der Waals surface area (Å²) in [7, 11) is 0. The second kappa shape index (κ2) is 8.79. The molecule has 1 amide bonds. The van der Waals surface area contributed by atoms with Crippen LogP contribution < -0.4 is 14.2 Å². The number of fused-ring (bicyclic) bond motifs is 1. The van der Waals surface area contributed by atoms with Crippen LogP contribution in [0, 0.1) is 6.92 Å². The van der Waals surface area contributed by atoms with Gasteiger partial charge in [0.2, 0.25) is 0 Å². The molecule has 2 aromatic carbocycles. The van der Waals surface area contributed by atoms with Crippen molar-refractivity contribution in [3.05, 3.63) is 52.5 Å². The van der Waals surface area contributed by atoms with E-state index < -0.39 is 5.60 Å². The number of Topliss-reactive ketones (excluding diaryl/α,β-unsaturated/α-hetero) is 1. The molecule has 2 aromatic rings. The lowest BCUT2D eigenvalue weighted by molar-refractivity contribution is -0.137. The molecule has 2 heterocycles. The van der Waals surface area contributed by atoms with Crippen LogP contribution in [-0.4, -0.2) is 48.5 Å². The van der Waals surface area contributed by atoms with Crippen molar-refractivity contribution in [2.24, 2.45) is 0 Å². The third-order valence-electron chi connectivity index (χ3n) is 5.87. The number of hydrogen-bond donors (Lipinski definition) is 0. The fourth-order valence-electron chi connectivity index (χ4n) is 4.23. The van der Waals surface area contributed by atoms with Gasteiger partial charge >= 0.3 is 0 Å². The smallest absolute Gasteiger partial charge is 0.260 e. The van der Waals surface area contributed by atoms with Crippen LogP contribution in [0.15, 0.2) is 36.4 Å². The van der Waals surface area contributed by atoms with Crippen molar-refractivity contribution in [1.82, 2.24) is 4.90 Å². The van der Waals surface area contributed by atoms with Gasteiger partial charge < -0.3 is 19.1 Å². The van der Waals surface area contributed by atoms with Gasteiger partial charge in [-0.3, -0.25) is 9.59 Å². The number of carbonyl (C=O) groups is 2. The zero-order valence-corrected chi connectivity index (χ0v) is 18.5. The van der Waals surface area contributed by atoms with Gasteiger partial charge in [0.15, 0.2) is 23.9 Å². The third-order valence-corrected chi connectivity index (χ3v) is 6.09. The number of ether oxygens (including phenoxy) is 3. The number of nitrogens with zero attached hydrogens (tertiary/aromatic N) is 1. The van der Waals surface area contributed by atoms with Gasteiger partial charge in [0.1, 0.15) is 11.4 Å². The molecule has 0 saturated carbocycles. The Morgan fingerprint density at radius 1 is 1.16 bits per heavy atom. The summed E-state index contributed by atoms with van der Waals surface area (Å²) in [6.45, 7) is 5.30. The third kappa shape index (κ3) is 4.49. The lowest BCUT2D eigenvalue weighted by atomic mass is 9.82. The van der Waals surface area contributed by atoms with E-state index in [2.05, 4.69) is 0 Å². The lowest BCUT2D eigenvalue weighted by Gasteiger charge is -2.44. The minimum atomic E-state index is -0.568. The van der Waals surface area contributed by atoms with Crippen LogP contribution in [0.3, 0.4) is 0 Å². The first-order valence-electron chi connectivity index (χ1n) is 10.6. The van der Waals surface area contributed by atoms with Gasteiger partial charge in [-0.2, -0.15) is 0 Å². The monoisotopic (exact) mass is 443 g/mol. The van der Waals surface area contributed by atoms with Crippen LogP contribution in [0.5, 0.6) is 17.2 Å². The van der Waals surface area contributed by atoms with E-state index in [1.54, 1.807) is 17.0 Å². The lowest BCUT2D eigenvalue weighted by Crippen LogP contribution is -2.53. The topological polar surface area (TPSA) is 65.1 Å². The fourth-order valence-corrected chi connectivity index (χ4v) is 4.50. The van der Waals surface area contributed by atoms with Crippen molar-refractivity contribution in [2.75, 3.05) is 26.3 Å². The van der Waals surface area contributed by atoms with Gasteiger partial charge in [-0.05, 0) is 43.7 Å². The number of piperidine rings is 1. The van der Waals surface area contributed by atoms with Gasteiger partial charge in [0.05, 0.1) is 18.6 Å². The van der Waals surface area contributed by atoms with E-state index >= 15 is 0 Å². The Hall–Kier alpha value is -2.73. The van der Waals surface area contributed by atoms with Crippen molar-refractivity contribution >= 4 is 23.3 Å². The van der Waals surface area contributed by atoms with Gasteiger partial charge in [-0.25, -0.2) is 0 Å². The summed E-state index contributed by atoms with van der Waals surface area (Å²) >= 11 is 6.11. The van der Waals surface area contributed by atoms with E-state index in [9.17, 15) is 9.59 Å². The van der Waals surface area contributed by atoms with Gasteiger partial charge in [-0.15, -0.1) is 0 Å². The number of likely N-dealkylation sites (tertiary alicyclic amines) is 1. The Kier molecular flexibility index (Phi) is 6.10. The molecule has 2 aliphatic heterocycles. The molecular weight excluding hydrogens is 418 g/mol. The number of para-hydroxylation sites is 2. The minimum Gasteiger partial charge on any atom is -0.490 e. The van der Waals surface area contributed by atoms with E-state index in [-0.39, 0.29) is 18.3 Å². The second-order valence-electron chi connectivity index (χ2n) is 8.03. The summed E-state index contributed by atoms with van der Waals surface area (Å²) in [5.41, 5.74) is 0.840. The molecule has 164 valence electrons. The highest BCUT2D eigenvalue weighted by Gasteiger charge is 2.44. The van der Waals surface area contributed by atoms with Crippen molar-refractivity contribution in [3.63, 3.8) is 0 Å². The molecule has 0 aromatic heterocycles. The number of ketones is 1. The molecule has 2 aliphatic rings. The normalized spacial score (nSPS) is 17.1. The number of carbonyl (C=O) groups excluding carboxylic acids is 2. The SMILES string of the molecule is CCOc1ccccc1OCC(=O)N1CCC2(CC1)CC(=O)c1cc(Cl)cc(C)c1O2. The number of hydrogen-bond acceptors (Lipinski definition) is 5. The minimum absolute atomic E-state index is 0.0440. The number of benzene rings is 2. The van der Waals surface area contributed by atoms with Crippen molar-refractivity contribution in [3.8, 4) is 17.2 Å². The molecule has 6 nitrogen and oxygen atoms in total. The number of rotatable bonds is 5. The highest BCUT2D eigenvalue weighted by Crippen LogP contribution is 2.42. The standard InChI is InChI=1S/C24H26ClNO5/c1-3-29-20-6-4-5-7-21(20)30-15-22(28)26-10-8-24(9-11-26)14-19(27)18-13-17(25)12-16(2)23(18)31-24/h4-7,12-13H,3,8-11,14-15H2,1-2H3. The van der Waals surface area contributed by atoms with Crippen molar-refractivity contribution < 1.29 is 23.8 Å². The predicted octanol–water partition coefficient (Wildman–Crippen LogP) is 4.45. The average Bonchev–Trinajstić information content (AvgIpc) is 2.75. The van der Waals surface area contributed by atoms with Gasteiger partial charge in [0, 0.05) is 31.0 Å². The first kappa shape index (κ1) is 21.5. The Balaban J connectivity index is 1.38.